The molecule has 0 unspecified atom stereocenters. The summed E-state index contributed by atoms with van der Waals surface area (Å²) in [5.41, 5.74) is 1.65. The maximum absolute atomic E-state index is 12.4. The number of hydrogen-bond donors (Lipinski definition) is 1. The van der Waals surface area contributed by atoms with Crippen molar-refractivity contribution in [2.45, 2.75) is 19.8 Å². The fourth-order valence-electron chi connectivity index (χ4n) is 2.14. The lowest BCUT2D eigenvalue weighted by Gasteiger charge is -2.27. The largest absolute Gasteiger partial charge is 0.336 e. The van der Waals surface area contributed by atoms with Crippen LogP contribution in [-0.4, -0.2) is 46.8 Å². The molecule has 1 aliphatic heterocycles. The van der Waals surface area contributed by atoms with Crippen LogP contribution < -0.4 is 5.32 Å². The van der Waals surface area contributed by atoms with Crippen LogP contribution in [0.2, 0.25) is 0 Å². The molecule has 0 atom stereocenters. The quantitative estimate of drug-likeness (QED) is 0.817. The molecule has 0 spiro atoms. The molecule has 17 heavy (non-hydrogen) atoms. The van der Waals surface area contributed by atoms with E-state index in [9.17, 15) is 4.79 Å². The molecule has 1 fully saturated rings. The van der Waals surface area contributed by atoms with Gasteiger partial charge in [-0.3, -0.25) is 9.48 Å². The Morgan fingerprint density at radius 2 is 2.06 bits per heavy atom. The van der Waals surface area contributed by atoms with Crippen molar-refractivity contribution in [1.82, 2.24) is 20.0 Å². The summed E-state index contributed by atoms with van der Waals surface area (Å²) in [6.07, 6.45) is 1.83. The third kappa shape index (κ3) is 2.49. The van der Waals surface area contributed by atoms with Crippen LogP contribution in [0.5, 0.6) is 0 Å². The van der Waals surface area contributed by atoms with E-state index in [0.717, 1.165) is 37.4 Å². The number of nitrogens with one attached hydrogen (secondary N) is 1. The summed E-state index contributed by atoms with van der Waals surface area (Å²) in [6, 6.07) is 0. The second kappa shape index (κ2) is 4.87. The molecule has 0 radical (unpaired) electrons. The Labute approximate surface area is 102 Å². The first kappa shape index (κ1) is 12.1. The molecule has 0 aromatic carbocycles. The van der Waals surface area contributed by atoms with Crippen molar-refractivity contribution in [3.05, 3.63) is 17.5 Å². The molecule has 1 N–H and O–H groups in total. The van der Waals surface area contributed by atoms with Crippen LogP contribution in [-0.2, 0) is 7.05 Å². The normalized spacial score (nSPS) is 16.6. The monoisotopic (exact) mass is 236 g/mol. The van der Waals surface area contributed by atoms with E-state index in [0.29, 0.717) is 0 Å². The third-order valence-corrected chi connectivity index (χ3v) is 3.04. The Balaban J connectivity index is 2.23. The highest BCUT2D eigenvalue weighted by molar-refractivity contribution is 5.95. The van der Waals surface area contributed by atoms with Gasteiger partial charge in [-0.25, -0.2) is 0 Å². The van der Waals surface area contributed by atoms with E-state index < -0.39 is 0 Å². The van der Waals surface area contributed by atoms with Crippen LogP contribution in [0.4, 0.5) is 0 Å². The van der Waals surface area contributed by atoms with Crippen LogP contribution >= 0.6 is 0 Å². The van der Waals surface area contributed by atoms with Crippen molar-refractivity contribution < 1.29 is 4.79 Å². The summed E-state index contributed by atoms with van der Waals surface area (Å²) in [4.78, 5) is 14.3. The van der Waals surface area contributed by atoms with Gasteiger partial charge in [-0.2, -0.15) is 5.10 Å². The molecule has 0 bridgehead atoms. The first-order chi connectivity index (χ1) is 8.09. The van der Waals surface area contributed by atoms with Crippen LogP contribution in [0.25, 0.3) is 0 Å². The zero-order valence-corrected chi connectivity index (χ0v) is 10.7. The molecule has 2 heterocycles. The zero-order valence-electron chi connectivity index (χ0n) is 10.7. The predicted molar refractivity (Wildman–Crippen MR) is 66.1 cm³/mol. The average Bonchev–Trinajstić information content (AvgIpc) is 2.72. The average molecular weight is 236 g/mol. The lowest BCUT2D eigenvalue weighted by molar-refractivity contribution is 0.0734. The molecule has 2 rings (SSSR count). The van der Waals surface area contributed by atoms with E-state index in [2.05, 4.69) is 24.3 Å². The number of carbonyl (C=O) groups is 1. The fraction of sp³-hybridized carbons (Fsp3) is 0.667. The smallest absolute Gasteiger partial charge is 0.257 e. The second-order valence-corrected chi connectivity index (χ2v) is 4.80. The van der Waals surface area contributed by atoms with Crippen LogP contribution in [0, 0.1) is 0 Å². The standard InChI is InChI=1S/C12H20N4O/c1-9(2)11-10(8-15(3)14-11)12(17)16-6-4-13-5-7-16/h8-9,13H,4-7H2,1-3H3. The summed E-state index contributed by atoms with van der Waals surface area (Å²) in [6.45, 7) is 7.45. The van der Waals surface area contributed by atoms with Crippen molar-refractivity contribution in [3.8, 4) is 0 Å². The number of carbonyl (C=O) groups excluding carboxylic acids is 1. The second-order valence-electron chi connectivity index (χ2n) is 4.80. The molecule has 94 valence electrons. The van der Waals surface area contributed by atoms with Gasteiger partial charge >= 0.3 is 0 Å². The van der Waals surface area contributed by atoms with E-state index in [4.69, 9.17) is 0 Å². The van der Waals surface area contributed by atoms with Crippen LogP contribution in [0.15, 0.2) is 6.20 Å². The maximum Gasteiger partial charge on any atom is 0.257 e. The minimum atomic E-state index is 0.114. The minimum Gasteiger partial charge on any atom is -0.336 e. The van der Waals surface area contributed by atoms with Gasteiger partial charge in [-0.15, -0.1) is 0 Å². The number of aromatic nitrogens is 2. The van der Waals surface area contributed by atoms with Crippen LogP contribution in [0.3, 0.4) is 0 Å². The molecule has 1 saturated heterocycles. The Hall–Kier alpha value is -1.36. The van der Waals surface area contributed by atoms with Gasteiger partial charge in [0.25, 0.3) is 5.91 Å². The molecule has 1 aromatic heterocycles. The SMILES string of the molecule is CC(C)c1nn(C)cc1C(=O)N1CCNCC1. The number of aryl methyl sites for hydroxylation is 1. The summed E-state index contributed by atoms with van der Waals surface area (Å²) < 4.78 is 1.73. The molecule has 1 amide bonds. The molecule has 0 aliphatic carbocycles. The topological polar surface area (TPSA) is 50.2 Å². The minimum absolute atomic E-state index is 0.114. The number of nitrogens with zero attached hydrogens (tertiary/aromatic N) is 3. The highest BCUT2D eigenvalue weighted by atomic mass is 16.2. The molecule has 0 saturated carbocycles. The molecule has 1 aliphatic rings. The van der Waals surface area contributed by atoms with Crippen molar-refractivity contribution in [3.63, 3.8) is 0 Å². The summed E-state index contributed by atoms with van der Waals surface area (Å²) >= 11 is 0. The van der Waals surface area contributed by atoms with Gasteiger partial charge in [0.05, 0.1) is 11.3 Å². The molecular weight excluding hydrogens is 216 g/mol. The Morgan fingerprint density at radius 3 is 2.65 bits per heavy atom. The molecular formula is C12H20N4O. The summed E-state index contributed by atoms with van der Waals surface area (Å²) in [5.74, 6) is 0.390. The summed E-state index contributed by atoms with van der Waals surface area (Å²) in [7, 11) is 1.86. The van der Waals surface area contributed by atoms with Gasteiger partial charge in [0.1, 0.15) is 0 Å². The molecule has 5 nitrogen and oxygen atoms in total. The van der Waals surface area contributed by atoms with E-state index in [1.165, 1.54) is 0 Å². The van der Waals surface area contributed by atoms with Gasteiger partial charge in [-0.05, 0) is 5.92 Å². The third-order valence-electron chi connectivity index (χ3n) is 3.04. The van der Waals surface area contributed by atoms with Gasteiger partial charge in [0.15, 0.2) is 0 Å². The van der Waals surface area contributed by atoms with Crippen molar-refractivity contribution >= 4 is 5.91 Å². The van der Waals surface area contributed by atoms with Crippen LogP contribution in [0.1, 0.15) is 35.8 Å². The Kier molecular flexibility index (Phi) is 3.47. The Morgan fingerprint density at radius 1 is 1.41 bits per heavy atom. The number of hydrogen-bond acceptors (Lipinski definition) is 3. The Bertz CT molecular complexity index is 405. The fourth-order valence-corrected chi connectivity index (χ4v) is 2.14. The van der Waals surface area contributed by atoms with Crippen molar-refractivity contribution in [2.75, 3.05) is 26.2 Å². The van der Waals surface area contributed by atoms with Crippen molar-refractivity contribution in [2.24, 2.45) is 7.05 Å². The molecule has 1 aromatic rings. The predicted octanol–water partition coefficient (Wildman–Crippen LogP) is 0.589. The molecule has 5 heteroatoms. The number of amides is 1. The van der Waals surface area contributed by atoms with Crippen molar-refractivity contribution in [1.29, 1.82) is 0 Å². The van der Waals surface area contributed by atoms with E-state index >= 15 is 0 Å². The maximum atomic E-state index is 12.4. The van der Waals surface area contributed by atoms with Gasteiger partial charge in [0.2, 0.25) is 0 Å². The zero-order chi connectivity index (χ0) is 12.4. The lowest BCUT2D eigenvalue weighted by Crippen LogP contribution is -2.46. The van der Waals surface area contributed by atoms with E-state index in [1.807, 2.05) is 18.1 Å². The first-order valence-electron chi connectivity index (χ1n) is 6.13. The van der Waals surface area contributed by atoms with E-state index in [1.54, 1.807) is 4.68 Å². The first-order valence-corrected chi connectivity index (χ1v) is 6.13. The highest BCUT2D eigenvalue weighted by Crippen LogP contribution is 2.19. The summed E-state index contributed by atoms with van der Waals surface area (Å²) in [5, 5.41) is 7.63. The van der Waals surface area contributed by atoms with E-state index in [-0.39, 0.29) is 11.8 Å². The number of rotatable bonds is 2. The lowest BCUT2D eigenvalue weighted by atomic mass is 10.1. The highest BCUT2D eigenvalue weighted by Gasteiger charge is 2.23. The van der Waals surface area contributed by atoms with Gasteiger partial charge in [0, 0.05) is 39.4 Å². The van der Waals surface area contributed by atoms with Gasteiger partial charge < -0.3 is 10.2 Å². The van der Waals surface area contributed by atoms with Gasteiger partial charge in [-0.1, -0.05) is 13.8 Å². The number of piperazine rings is 1.